The van der Waals surface area contributed by atoms with Crippen molar-refractivity contribution in [3.8, 4) is 0 Å². The van der Waals surface area contributed by atoms with E-state index in [4.69, 9.17) is 5.73 Å². The first-order valence-electron chi connectivity index (χ1n) is 8.35. The van der Waals surface area contributed by atoms with Crippen LogP contribution in [-0.4, -0.2) is 41.8 Å². The van der Waals surface area contributed by atoms with E-state index in [1.807, 2.05) is 6.92 Å². The van der Waals surface area contributed by atoms with E-state index in [2.05, 4.69) is 5.32 Å². The average molecular weight is 309 g/mol. The molecule has 1 atom stereocenters. The summed E-state index contributed by atoms with van der Waals surface area (Å²) in [4.78, 5) is 37.2. The van der Waals surface area contributed by atoms with Gasteiger partial charge in [0.25, 0.3) is 0 Å². The predicted molar refractivity (Wildman–Crippen MR) is 82.7 cm³/mol. The highest BCUT2D eigenvalue weighted by Gasteiger charge is 2.28. The van der Waals surface area contributed by atoms with Crippen LogP contribution in [0.5, 0.6) is 0 Å². The van der Waals surface area contributed by atoms with Crippen molar-refractivity contribution in [2.24, 2.45) is 17.6 Å². The molecule has 1 aliphatic heterocycles. The Balaban J connectivity index is 1.72. The first-order chi connectivity index (χ1) is 10.5. The molecule has 1 heterocycles. The van der Waals surface area contributed by atoms with Crippen LogP contribution < -0.4 is 11.1 Å². The maximum absolute atomic E-state index is 12.2. The van der Waals surface area contributed by atoms with E-state index in [1.165, 1.54) is 0 Å². The monoisotopic (exact) mass is 309 g/mol. The normalized spacial score (nSPS) is 21.6. The zero-order valence-corrected chi connectivity index (χ0v) is 13.3. The van der Waals surface area contributed by atoms with Gasteiger partial charge in [-0.1, -0.05) is 12.8 Å². The van der Waals surface area contributed by atoms with Crippen LogP contribution in [0.1, 0.15) is 51.9 Å². The summed E-state index contributed by atoms with van der Waals surface area (Å²) in [6.45, 7) is 3.03. The Kier molecular flexibility index (Phi) is 5.80. The zero-order chi connectivity index (χ0) is 16.1. The zero-order valence-electron chi connectivity index (χ0n) is 13.3. The number of nitrogens with one attached hydrogen (secondary N) is 1. The molecule has 1 saturated heterocycles. The molecule has 6 nitrogen and oxygen atoms in total. The molecule has 0 spiro atoms. The molecule has 1 saturated carbocycles. The van der Waals surface area contributed by atoms with Gasteiger partial charge in [-0.3, -0.25) is 14.4 Å². The minimum atomic E-state index is -0.274. The fourth-order valence-corrected chi connectivity index (χ4v) is 3.40. The summed E-state index contributed by atoms with van der Waals surface area (Å²) in [5, 5.41) is 2.96. The molecule has 1 aliphatic carbocycles. The van der Waals surface area contributed by atoms with Crippen molar-refractivity contribution in [1.29, 1.82) is 0 Å². The van der Waals surface area contributed by atoms with E-state index in [0.717, 1.165) is 25.7 Å². The van der Waals surface area contributed by atoms with Crippen molar-refractivity contribution in [2.75, 3.05) is 13.1 Å². The summed E-state index contributed by atoms with van der Waals surface area (Å²) in [5.41, 5.74) is 5.29. The Hall–Kier alpha value is -1.59. The quantitative estimate of drug-likeness (QED) is 0.786. The van der Waals surface area contributed by atoms with Crippen LogP contribution in [0.4, 0.5) is 0 Å². The molecule has 124 valence electrons. The number of hydrogen-bond donors (Lipinski definition) is 2. The number of nitrogens with zero attached hydrogens (tertiary/aromatic N) is 1. The van der Waals surface area contributed by atoms with E-state index < -0.39 is 0 Å². The number of carbonyl (C=O) groups excluding carboxylic acids is 3. The van der Waals surface area contributed by atoms with Crippen molar-refractivity contribution in [3.05, 3.63) is 0 Å². The molecule has 6 heteroatoms. The van der Waals surface area contributed by atoms with Crippen LogP contribution in [0, 0.1) is 11.8 Å². The second-order valence-corrected chi connectivity index (χ2v) is 6.65. The molecular formula is C16H27N3O3. The molecule has 2 fully saturated rings. The lowest BCUT2D eigenvalue weighted by atomic mass is 9.96. The van der Waals surface area contributed by atoms with Gasteiger partial charge in [0.1, 0.15) is 0 Å². The molecule has 3 N–H and O–H groups in total. The summed E-state index contributed by atoms with van der Waals surface area (Å²) in [6, 6.07) is -0.144. The maximum atomic E-state index is 12.2. The van der Waals surface area contributed by atoms with Crippen LogP contribution in [0.25, 0.3) is 0 Å². The molecule has 2 rings (SSSR count). The minimum absolute atomic E-state index is 0.0437. The molecule has 0 radical (unpaired) electrons. The summed E-state index contributed by atoms with van der Waals surface area (Å²) in [5.74, 6) is -0.121. The number of primary amides is 1. The maximum Gasteiger partial charge on any atom is 0.224 e. The first-order valence-corrected chi connectivity index (χ1v) is 8.35. The van der Waals surface area contributed by atoms with Crippen LogP contribution >= 0.6 is 0 Å². The van der Waals surface area contributed by atoms with Crippen LogP contribution in [0.3, 0.4) is 0 Å². The number of carbonyl (C=O) groups is 3. The Morgan fingerprint density at radius 3 is 2.23 bits per heavy atom. The second-order valence-electron chi connectivity index (χ2n) is 6.65. The lowest BCUT2D eigenvalue weighted by molar-refractivity contribution is -0.135. The van der Waals surface area contributed by atoms with Crippen LogP contribution in [0.15, 0.2) is 0 Å². The Morgan fingerprint density at radius 1 is 1.09 bits per heavy atom. The number of nitrogens with two attached hydrogens (primary N) is 1. The van der Waals surface area contributed by atoms with Gasteiger partial charge >= 0.3 is 0 Å². The topological polar surface area (TPSA) is 92.5 Å². The molecule has 3 amide bonds. The third-order valence-electron chi connectivity index (χ3n) is 4.85. The van der Waals surface area contributed by atoms with Crippen LogP contribution in [-0.2, 0) is 14.4 Å². The molecule has 2 aliphatic rings. The number of likely N-dealkylation sites (tertiary alicyclic amines) is 1. The van der Waals surface area contributed by atoms with Crippen molar-refractivity contribution in [2.45, 2.75) is 57.9 Å². The number of hydrogen-bond acceptors (Lipinski definition) is 3. The highest BCUT2D eigenvalue weighted by atomic mass is 16.2. The third kappa shape index (κ3) is 4.45. The van der Waals surface area contributed by atoms with Gasteiger partial charge in [-0.2, -0.15) is 0 Å². The van der Waals surface area contributed by atoms with Gasteiger partial charge in [-0.05, 0) is 32.6 Å². The van der Waals surface area contributed by atoms with Crippen molar-refractivity contribution in [3.63, 3.8) is 0 Å². The highest BCUT2D eigenvalue weighted by Crippen LogP contribution is 2.25. The van der Waals surface area contributed by atoms with Gasteiger partial charge in [0.15, 0.2) is 0 Å². The van der Waals surface area contributed by atoms with E-state index in [-0.39, 0.29) is 35.6 Å². The Labute approximate surface area is 131 Å². The lowest BCUT2D eigenvalue weighted by Crippen LogP contribution is -2.45. The van der Waals surface area contributed by atoms with Gasteiger partial charge in [-0.25, -0.2) is 0 Å². The van der Waals surface area contributed by atoms with Crippen molar-refractivity contribution >= 4 is 17.7 Å². The van der Waals surface area contributed by atoms with E-state index >= 15 is 0 Å². The second kappa shape index (κ2) is 7.61. The fraction of sp³-hybridized carbons (Fsp3) is 0.812. The van der Waals surface area contributed by atoms with E-state index in [0.29, 0.717) is 32.4 Å². The fourth-order valence-electron chi connectivity index (χ4n) is 3.40. The molecule has 0 bridgehead atoms. The molecular weight excluding hydrogens is 282 g/mol. The number of rotatable bonds is 5. The number of amides is 3. The number of piperidine rings is 1. The molecule has 0 aromatic carbocycles. The minimum Gasteiger partial charge on any atom is -0.369 e. The summed E-state index contributed by atoms with van der Waals surface area (Å²) < 4.78 is 0. The summed E-state index contributed by atoms with van der Waals surface area (Å²) >= 11 is 0. The Bertz CT molecular complexity index is 424. The lowest BCUT2D eigenvalue weighted by Gasteiger charge is -2.31. The average Bonchev–Trinajstić information content (AvgIpc) is 3.01. The van der Waals surface area contributed by atoms with Crippen molar-refractivity contribution in [1.82, 2.24) is 10.2 Å². The first kappa shape index (κ1) is 16.8. The predicted octanol–water partition coefficient (Wildman–Crippen LogP) is 0.795. The molecule has 0 aromatic rings. The van der Waals surface area contributed by atoms with E-state index in [1.54, 1.807) is 4.90 Å². The molecule has 1 unspecified atom stereocenters. The summed E-state index contributed by atoms with van der Waals surface area (Å²) in [7, 11) is 0. The van der Waals surface area contributed by atoms with Gasteiger partial charge in [0.2, 0.25) is 17.7 Å². The Morgan fingerprint density at radius 2 is 1.68 bits per heavy atom. The molecule has 22 heavy (non-hydrogen) atoms. The van der Waals surface area contributed by atoms with Crippen molar-refractivity contribution < 1.29 is 14.4 Å². The van der Waals surface area contributed by atoms with Gasteiger partial charge < -0.3 is 16.0 Å². The largest absolute Gasteiger partial charge is 0.369 e. The van der Waals surface area contributed by atoms with Gasteiger partial charge in [0, 0.05) is 37.4 Å². The van der Waals surface area contributed by atoms with Gasteiger partial charge in [0.05, 0.1) is 0 Å². The molecule has 0 aromatic heterocycles. The third-order valence-corrected chi connectivity index (χ3v) is 4.85. The highest BCUT2D eigenvalue weighted by molar-refractivity contribution is 5.81. The van der Waals surface area contributed by atoms with Crippen LogP contribution in [0.2, 0.25) is 0 Å². The standard InChI is InChI=1S/C16H27N3O3/c1-11(18-16(22)13-4-2-3-5-13)10-14(20)19-8-6-12(7-9-19)15(17)21/h11-13H,2-10H2,1H3,(H2,17,21)(H,18,22). The van der Waals surface area contributed by atoms with E-state index in [9.17, 15) is 14.4 Å². The SMILES string of the molecule is CC(CC(=O)N1CCC(C(N)=O)CC1)NC(=O)C1CCCC1. The smallest absolute Gasteiger partial charge is 0.224 e. The van der Waals surface area contributed by atoms with Gasteiger partial charge in [-0.15, -0.1) is 0 Å². The summed E-state index contributed by atoms with van der Waals surface area (Å²) in [6.07, 6.45) is 5.79.